The highest BCUT2D eigenvalue weighted by atomic mass is 32.2. The third kappa shape index (κ3) is 6.86. The Balaban J connectivity index is 1.47. The van der Waals surface area contributed by atoms with Crippen LogP contribution in [0, 0.1) is 17.6 Å². The Kier molecular flexibility index (Phi) is 7.47. The molecule has 172 valence electrons. The molecule has 1 saturated carbocycles. The number of hydrogen-bond acceptors (Lipinski definition) is 5. The molecule has 0 unspecified atom stereocenters. The maximum Gasteiger partial charge on any atom is 0.324 e. The highest BCUT2D eigenvalue weighted by Gasteiger charge is 2.26. The van der Waals surface area contributed by atoms with Crippen molar-refractivity contribution < 1.29 is 31.5 Å². The van der Waals surface area contributed by atoms with Crippen molar-refractivity contribution in [3.63, 3.8) is 0 Å². The van der Waals surface area contributed by atoms with Gasteiger partial charge in [0.2, 0.25) is 15.9 Å². The number of unbranched alkanes of at least 4 members (excludes halogenated alkanes) is 2. The fourth-order valence-corrected chi connectivity index (χ4v) is 4.67. The Labute approximate surface area is 180 Å². The zero-order valence-electron chi connectivity index (χ0n) is 17.3. The standard InChI is InChI=1S/C20H27F2N3O5S/c1-13(15-9-18(17(22)10-16(15)21)30-12-14-5-6-14)24-31(28,29)8-4-2-3-7-25-11-19(26)23-20(25)27/h9-10,13-14,24H,2-8,11-12H2,1H3,(H,23,26,27)/t13-/m1/s1. The van der Waals surface area contributed by atoms with Gasteiger partial charge in [-0.25, -0.2) is 26.7 Å². The summed E-state index contributed by atoms with van der Waals surface area (Å²) in [4.78, 5) is 23.9. The number of imide groups is 1. The maximum atomic E-state index is 14.2. The summed E-state index contributed by atoms with van der Waals surface area (Å²) in [5.74, 6) is -1.87. The minimum atomic E-state index is -3.70. The number of nitrogens with zero attached hydrogens (tertiary/aromatic N) is 1. The second kappa shape index (κ2) is 9.90. The third-order valence-electron chi connectivity index (χ3n) is 5.25. The Morgan fingerprint density at radius 3 is 2.58 bits per heavy atom. The van der Waals surface area contributed by atoms with Crippen molar-refractivity contribution in [2.45, 2.75) is 45.1 Å². The number of amides is 3. The fourth-order valence-electron chi connectivity index (χ4n) is 3.31. The Morgan fingerprint density at radius 1 is 1.19 bits per heavy atom. The summed E-state index contributed by atoms with van der Waals surface area (Å²) in [6.07, 6.45) is 3.48. The summed E-state index contributed by atoms with van der Waals surface area (Å²) in [5, 5.41) is 2.18. The normalized spacial score (nSPS) is 17.7. The van der Waals surface area contributed by atoms with Crippen molar-refractivity contribution in [2.75, 3.05) is 25.4 Å². The molecule has 2 fully saturated rings. The Bertz CT molecular complexity index is 937. The topological polar surface area (TPSA) is 105 Å². The van der Waals surface area contributed by atoms with Crippen LogP contribution in [0.5, 0.6) is 5.75 Å². The molecule has 0 bridgehead atoms. The van der Waals surface area contributed by atoms with Crippen molar-refractivity contribution in [1.29, 1.82) is 0 Å². The lowest BCUT2D eigenvalue weighted by Gasteiger charge is -2.17. The van der Waals surface area contributed by atoms with Crippen LogP contribution < -0.4 is 14.8 Å². The Hall–Kier alpha value is -2.27. The van der Waals surface area contributed by atoms with Crippen LogP contribution in [0.15, 0.2) is 12.1 Å². The molecule has 0 spiro atoms. The molecule has 1 aromatic carbocycles. The number of hydrogen-bond donors (Lipinski definition) is 2. The number of halogens is 2. The van der Waals surface area contributed by atoms with E-state index in [1.807, 2.05) is 0 Å². The largest absolute Gasteiger partial charge is 0.490 e. The molecule has 2 N–H and O–H groups in total. The number of carbonyl (C=O) groups excluding carboxylic acids is 2. The van der Waals surface area contributed by atoms with Gasteiger partial charge in [-0.05, 0) is 44.6 Å². The monoisotopic (exact) mass is 459 g/mol. The van der Waals surface area contributed by atoms with E-state index in [1.165, 1.54) is 17.9 Å². The smallest absolute Gasteiger partial charge is 0.324 e. The lowest BCUT2D eigenvalue weighted by Crippen LogP contribution is -2.30. The molecule has 1 saturated heterocycles. The van der Waals surface area contributed by atoms with Crippen LogP contribution in [0.25, 0.3) is 0 Å². The maximum absolute atomic E-state index is 14.2. The predicted molar refractivity (Wildman–Crippen MR) is 109 cm³/mol. The van der Waals surface area contributed by atoms with E-state index in [0.29, 0.717) is 44.4 Å². The van der Waals surface area contributed by atoms with E-state index in [2.05, 4.69) is 10.0 Å². The molecule has 1 aliphatic heterocycles. The average molecular weight is 460 g/mol. The van der Waals surface area contributed by atoms with Crippen molar-refractivity contribution in [1.82, 2.24) is 14.9 Å². The number of nitrogens with one attached hydrogen (secondary N) is 2. The predicted octanol–water partition coefficient (Wildman–Crippen LogP) is 2.46. The zero-order valence-corrected chi connectivity index (χ0v) is 18.1. The van der Waals surface area contributed by atoms with Crippen molar-refractivity contribution in [3.05, 3.63) is 29.3 Å². The summed E-state index contributed by atoms with van der Waals surface area (Å²) in [6, 6.07) is 0.590. The summed E-state index contributed by atoms with van der Waals surface area (Å²) in [6.45, 7) is 2.23. The first-order valence-electron chi connectivity index (χ1n) is 10.3. The van der Waals surface area contributed by atoms with E-state index in [1.54, 1.807) is 0 Å². The molecule has 1 heterocycles. The molecule has 8 nitrogen and oxygen atoms in total. The highest BCUT2D eigenvalue weighted by molar-refractivity contribution is 7.89. The van der Waals surface area contributed by atoms with Gasteiger partial charge in [-0.15, -0.1) is 0 Å². The molecule has 0 aromatic heterocycles. The molecule has 31 heavy (non-hydrogen) atoms. The van der Waals surface area contributed by atoms with E-state index in [4.69, 9.17) is 4.74 Å². The SMILES string of the molecule is C[C@@H](NS(=O)(=O)CCCCCN1CC(=O)NC1=O)c1cc(OCC2CC2)c(F)cc1F. The molecule has 3 rings (SSSR count). The van der Waals surface area contributed by atoms with E-state index < -0.39 is 33.7 Å². The molecule has 1 aliphatic carbocycles. The average Bonchev–Trinajstić information content (AvgIpc) is 3.44. The first-order valence-corrected chi connectivity index (χ1v) is 12.0. The number of sulfonamides is 1. The van der Waals surface area contributed by atoms with Gasteiger partial charge in [0.05, 0.1) is 12.4 Å². The number of benzene rings is 1. The first-order chi connectivity index (χ1) is 14.6. The molecule has 3 amide bonds. The Morgan fingerprint density at radius 2 is 1.94 bits per heavy atom. The van der Waals surface area contributed by atoms with E-state index in [9.17, 15) is 26.8 Å². The summed E-state index contributed by atoms with van der Waals surface area (Å²) in [7, 11) is -3.70. The molecule has 0 radical (unpaired) electrons. The highest BCUT2D eigenvalue weighted by Crippen LogP contribution is 2.32. The minimum absolute atomic E-state index is 0.0143. The number of carbonyl (C=O) groups is 2. The zero-order chi connectivity index (χ0) is 22.6. The number of urea groups is 1. The summed E-state index contributed by atoms with van der Waals surface area (Å²) < 4.78 is 60.7. The molecule has 1 atom stereocenters. The van der Waals surface area contributed by atoms with Gasteiger partial charge < -0.3 is 9.64 Å². The molecule has 11 heteroatoms. The van der Waals surface area contributed by atoms with Gasteiger partial charge in [-0.3, -0.25) is 10.1 Å². The van der Waals surface area contributed by atoms with Gasteiger partial charge in [-0.1, -0.05) is 6.42 Å². The van der Waals surface area contributed by atoms with Crippen LogP contribution in [0.4, 0.5) is 13.6 Å². The lowest BCUT2D eigenvalue weighted by molar-refractivity contribution is -0.118. The van der Waals surface area contributed by atoms with Gasteiger partial charge in [0.15, 0.2) is 11.6 Å². The van der Waals surface area contributed by atoms with Crippen LogP contribution in [0.1, 0.15) is 50.6 Å². The van der Waals surface area contributed by atoms with Crippen LogP contribution in [-0.2, 0) is 14.8 Å². The molecule has 1 aromatic rings. The number of rotatable bonds is 12. The van der Waals surface area contributed by atoms with Crippen LogP contribution in [-0.4, -0.2) is 50.7 Å². The third-order valence-corrected chi connectivity index (χ3v) is 6.79. The summed E-state index contributed by atoms with van der Waals surface area (Å²) in [5.41, 5.74) is 0.0143. The van der Waals surface area contributed by atoms with Crippen LogP contribution >= 0.6 is 0 Å². The lowest BCUT2D eigenvalue weighted by atomic mass is 10.1. The van der Waals surface area contributed by atoms with Crippen LogP contribution in [0.2, 0.25) is 0 Å². The molecular formula is C20H27F2N3O5S. The fraction of sp³-hybridized carbons (Fsp3) is 0.600. The van der Waals surface area contributed by atoms with E-state index >= 15 is 0 Å². The summed E-state index contributed by atoms with van der Waals surface area (Å²) >= 11 is 0. The first kappa shape index (κ1) is 23.4. The minimum Gasteiger partial charge on any atom is -0.490 e. The molecular weight excluding hydrogens is 432 g/mol. The van der Waals surface area contributed by atoms with E-state index in [-0.39, 0.29) is 29.5 Å². The second-order valence-corrected chi connectivity index (χ2v) is 9.93. The van der Waals surface area contributed by atoms with Gasteiger partial charge in [-0.2, -0.15) is 0 Å². The van der Waals surface area contributed by atoms with Gasteiger partial charge in [0, 0.05) is 24.2 Å². The van der Waals surface area contributed by atoms with Crippen molar-refractivity contribution in [2.24, 2.45) is 5.92 Å². The van der Waals surface area contributed by atoms with Crippen LogP contribution in [0.3, 0.4) is 0 Å². The van der Waals surface area contributed by atoms with Crippen molar-refractivity contribution in [3.8, 4) is 5.75 Å². The van der Waals surface area contributed by atoms with Crippen molar-refractivity contribution >= 4 is 22.0 Å². The quantitative estimate of drug-likeness (QED) is 0.369. The number of ether oxygens (including phenoxy) is 1. The van der Waals surface area contributed by atoms with Gasteiger partial charge >= 0.3 is 6.03 Å². The molecule has 2 aliphatic rings. The van der Waals surface area contributed by atoms with Gasteiger partial charge in [0.1, 0.15) is 12.4 Å². The second-order valence-electron chi connectivity index (χ2n) is 8.05. The van der Waals surface area contributed by atoms with E-state index in [0.717, 1.165) is 12.8 Å². The van der Waals surface area contributed by atoms with Gasteiger partial charge in [0.25, 0.3) is 0 Å².